The van der Waals surface area contributed by atoms with E-state index in [9.17, 15) is 9.90 Å². The minimum Gasteiger partial charge on any atom is -0.462 e. The normalized spacial score (nSPS) is 46.9. The lowest BCUT2D eigenvalue weighted by molar-refractivity contribution is -0.177. The number of aliphatic hydroxyl groups excluding tert-OH is 1. The van der Waals surface area contributed by atoms with E-state index in [-0.39, 0.29) is 5.97 Å². The van der Waals surface area contributed by atoms with Crippen LogP contribution in [0.1, 0.15) is 35.0 Å². The number of ether oxygens (including phenoxy) is 1. The molecule has 76 valence electrons. The van der Waals surface area contributed by atoms with Gasteiger partial charge in [0.25, 0.3) is 0 Å². The van der Waals surface area contributed by atoms with Gasteiger partial charge < -0.3 is 9.84 Å². The zero-order valence-electron chi connectivity index (χ0n) is 9.41. The molecule has 0 aromatic carbocycles. The summed E-state index contributed by atoms with van der Waals surface area (Å²) >= 11 is 0. The molecule has 0 bridgehead atoms. The maximum absolute atomic E-state index is 11.3. The first kappa shape index (κ1) is 9.00. The monoisotopic (exact) mass is 187 g/mol. The molecule has 1 fully saturated rings. The summed E-state index contributed by atoms with van der Waals surface area (Å²) in [6.07, 6.45) is 0.0646. The highest BCUT2D eigenvalue weighted by Gasteiger charge is 2.39. The molecule has 13 heavy (non-hydrogen) atoms. The minimum absolute atomic E-state index is 0.388. The van der Waals surface area contributed by atoms with Gasteiger partial charge in [-0.3, -0.25) is 4.79 Å². The number of carbonyl (C=O) groups excluding carboxylic acids is 1. The number of aliphatic hydroxyl groups is 1. The molecule has 1 saturated heterocycles. The van der Waals surface area contributed by atoms with Gasteiger partial charge in [0.05, 0.1) is 12.0 Å². The molecule has 1 aliphatic rings. The van der Waals surface area contributed by atoms with Crippen LogP contribution in [0.15, 0.2) is 0 Å². The van der Waals surface area contributed by atoms with Gasteiger partial charge >= 0.3 is 5.97 Å². The van der Waals surface area contributed by atoms with Gasteiger partial charge in [-0.05, 0) is 13.3 Å². The van der Waals surface area contributed by atoms with E-state index in [0.29, 0.717) is 6.42 Å². The SMILES string of the molecule is [2H][C@@]1(C)[C@H](O)[C@@H](C)C(=O)O[C@@H]1CCC. The summed E-state index contributed by atoms with van der Waals surface area (Å²) in [5.74, 6) is -2.06. The molecule has 0 spiro atoms. The van der Waals surface area contributed by atoms with Gasteiger partial charge in [0, 0.05) is 7.26 Å². The molecule has 0 amide bonds. The van der Waals surface area contributed by atoms with Crippen LogP contribution in [0.4, 0.5) is 0 Å². The number of rotatable bonds is 2. The molecular formula is C10H18O3. The van der Waals surface area contributed by atoms with Crippen LogP contribution in [0.2, 0.25) is 0 Å². The fraction of sp³-hybridized carbons (Fsp3) is 0.900. The minimum atomic E-state index is -1.08. The van der Waals surface area contributed by atoms with Crippen molar-refractivity contribution in [2.45, 2.75) is 45.8 Å². The first-order valence-corrected chi connectivity index (χ1v) is 4.79. The average molecular weight is 187 g/mol. The molecule has 0 radical (unpaired) electrons. The van der Waals surface area contributed by atoms with Crippen molar-refractivity contribution in [2.75, 3.05) is 0 Å². The van der Waals surface area contributed by atoms with E-state index in [0.717, 1.165) is 6.42 Å². The van der Waals surface area contributed by atoms with E-state index in [2.05, 4.69) is 0 Å². The Morgan fingerprint density at radius 3 is 2.77 bits per heavy atom. The highest BCUT2D eigenvalue weighted by molar-refractivity contribution is 5.73. The van der Waals surface area contributed by atoms with Crippen LogP contribution in [0.5, 0.6) is 0 Å². The predicted molar refractivity (Wildman–Crippen MR) is 49.1 cm³/mol. The van der Waals surface area contributed by atoms with Crippen LogP contribution in [0, 0.1) is 11.8 Å². The van der Waals surface area contributed by atoms with Crippen molar-refractivity contribution in [1.82, 2.24) is 0 Å². The van der Waals surface area contributed by atoms with Crippen LogP contribution in [0.3, 0.4) is 0 Å². The Balaban J connectivity index is 2.83. The van der Waals surface area contributed by atoms with Crippen molar-refractivity contribution in [3.63, 3.8) is 0 Å². The van der Waals surface area contributed by atoms with Crippen LogP contribution < -0.4 is 0 Å². The van der Waals surface area contributed by atoms with Crippen molar-refractivity contribution >= 4 is 5.97 Å². The summed E-state index contributed by atoms with van der Waals surface area (Å²) in [7, 11) is 0. The summed E-state index contributed by atoms with van der Waals surface area (Å²) in [5.41, 5.74) is 0. The number of hydrogen-bond donors (Lipinski definition) is 1. The maximum Gasteiger partial charge on any atom is 0.311 e. The molecule has 1 rings (SSSR count). The van der Waals surface area contributed by atoms with E-state index in [1.807, 2.05) is 6.92 Å². The van der Waals surface area contributed by atoms with Crippen molar-refractivity contribution in [2.24, 2.45) is 11.8 Å². The third-order valence-electron chi connectivity index (χ3n) is 2.63. The molecule has 1 heterocycles. The van der Waals surface area contributed by atoms with Crippen molar-refractivity contribution < 1.29 is 16.0 Å². The summed E-state index contributed by atoms with van der Waals surface area (Å²) in [5, 5.41) is 9.78. The van der Waals surface area contributed by atoms with Crippen LogP contribution in [-0.2, 0) is 9.53 Å². The topological polar surface area (TPSA) is 46.5 Å². The lowest BCUT2D eigenvalue weighted by Crippen LogP contribution is -2.46. The number of cyclic esters (lactones) is 1. The third-order valence-corrected chi connectivity index (χ3v) is 2.63. The van der Waals surface area contributed by atoms with Gasteiger partial charge in [-0.25, -0.2) is 0 Å². The summed E-state index contributed by atoms with van der Waals surface area (Å²) < 4.78 is 13.1. The first-order valence-electron chi connectivity index (χ1n) is 5.29. The van der Waals surface area contributed by atoms with Gasteiger partial charge in [0.15, 0.2) is 0 Å². The fourth-order valence-electron chi connectivity index (χ4n) is 1.60. The van der Waals surface area contributed by atoms with Crippen LogP contribution >= 0.6 is 0 Å². The van der Waals surface area contributed by atoms with Gasteiger partial charge in [-0.2, -0.15) is 0 Å². The van der Waals surface area contributed by atoms with E-state index in [4.69, 9.17) is 6.11 Å². The second-order valence-corrected chi connectivity index (χ2v) is 3.69. The second-order valence-electron chi connectivity index (χ2n) is 3.69. The highest BCUT2D eigenvalue weighted by Crippen LogP contribution is 2.28. The van der Waals surface area contributed by atoms with Gasteiger partial charge in [0.1, 0.15) is 6.10 Å². The van der Waals surface area contributed by atoms with E-state index >= 15 is 0 Å². The molecule has 0 aromatic heterocycles. The Morgan fingerprint density at radius 1 is 1.62 bits per heavy atom. The number of carbonyl (C=O) groups is 1. The Morgan fingerprint density at radius 2 is 2.23 bits per heavy atom. The maximum atomic E-state index is 11.3. The van der Waals surface area contributed by atoms with Gasteiger partial charge in [-0.15, -0.1) is 0 Å². The quantitative estimate of drug-likeness (QED) is 0.664. The zero-order valence-corrected chi connectivity index (χ0v) is 8.41. The van der Waals surface area contributed by atoms with Crippen molar-refractivity contribution in [3.8, 4) is 0 Å². The zero-order chi connectivity index (χ0) is 10.9. The predicted octanol–water partition coefficient (Wildman–Crippen LogP) is 1.34. The van der Waals surface area contributed by atoms with Gasteiger partial charge in [0.2, 0.25) is 0 Å². The molecule has 3 heteroatoms. The lowest BCUT2D eigenvalue weighted by Gasteiger charge is -2.36. The number of esters is 1. The number of hydrogen-bond acceptors (Lipinski definition) is 3. The highest BCUT2D eigenvalue weighted by atomic mass is 16.5. The van der Waals surface area contributed by atoms with E-state index in [1.54, 1.807) is 13.8 Å². The Bertz CT molecular complexity index is 227. The molecule has 1 aliphatic heterocycles. The summed E-state index contributed by atoms with van der Waals surface area (Å²) in [6.45, 7) is 5.19. The molecule has 0 unspecified atom stereocenters. The van der Waals surface area contributed by atoms with Gasteiger partial charge in [-0.1, -0.05) is 20.3 Å². The smallest absolute Gasteiger partial charge is 0.311 e. The molecule has 0 aliphatic carbocycles. The Hall–Kier alpha value is -0.570. The fourth-order valence-corrected chi connectivity index (χ4v) is 1.60. The summed E-state index contributed by atoms with van der Waals surface area (Å²) in [4.78, 5) is 11.3. The summed E-state index contributed by atoms with van der Waals surface area (Å²) in [6, 6.07) is 0. The molecule has 0 saturated carbocycles. The van der Waals surface area contributed by atoms with Crippen LogP contribution in [-0.4, -0.2) is 23.3 Å². The second kappa shape index (κ2) is 4.09. The standard InChI is InChI=1S/C10H18O3/c1-4-5-8-6(2)9(11)7(3)10(12)13-8/h6-9,11H,4-5H2,1-3H3/t6-,7+,8+,9-/m0/s1/i6D. The first-order chi connectivity index (χ1) is 6.41. The molecule has 3 nitrogen and oxygen atoms in total. The molecule has 1 N–H and O–H groups in total. The molecule has 0 aromatic rings. The molecular weight excluding hydrogens is 168 g/mol. The van der Waals surface area contributed by atoms with Crippen LogP contribution in [0.25, 0.3) is 0 Å². The van der Waals surface area contributed by atoms with E-state index < -0.39 is 24.0 Å². The average Bonchev–Trinajstić information content (AvgIpc) is 2.12. The lowest BCUT2D eigenvalue weighted by atomic mass is 9.85. The van der Waals surface area contributed by atoms with Crippen molar-refractivity contribution in [1.29, 1.82) is 0 Å². The van der Waals surface area contributed by atoms with E-state index in [1.165, 1.54) is 0 Å². The third kappa shape index (κ3) is 2.02. The van der Waals surface area contributed by atoms with Crippen molar-refractivity contribution in [3.05, 3.63) is 0 Å². The Labute approximate surface area is 80.5 Å². The Kier molecular flexibility index (Phi) is 2.83. The largest absolute Gasteiger partial charge is 0.462 e. The molecule has 4 atom stereocenters.